The number of nitrogens with two attached hydrogens (primary N) is 1. The zero-order chi connectivity index (χ0) is 19.4. The van der Waals surface area contributed by atoms with Crippen molar-refractivity contribution in [1.82, 2.24) is 10.4 Å². The number of ether oxygens (including phenoxy) is 1. The molecule has 0 bridgehead atoms. The second-order valence-corrected chi connectivity index (χ2v) is 7.80. The van der Waals surface area contributed by atoms with E-state index in [1.165, 1.54) is 16.7 Å². The summed E-state index contributed by atoms with van der Waals surface area (Å²) in [5, 5.41) is 6.95. The molecule has 27 heavy (non-hydrogen) atoms. The number of carbonyl (C=O) groups is 1. The molecular weight excluding hydrogens is 396 g/mol. The molecule has 1 amide bonds. The van der Waals surface area contributed by atoms with Crippen molar-refractivity contribution in [3.05, 3.63) is 47.9 Å². The molecule has 2 aromatic rings. The topological polar surface area (TPSA) is 118 Å². The Bertz CT molecular complexity index is 894. The van der Waals surface area contributed by atoms with Crippen molar-refractivity contribution < 1.29 is 22.4 Å². The number of primary sulfonamides is 1. The highest BCUT2D eigenvalue weighted by Crippen LogP contribution is 2.24. The molecule has 9 nitrogen and oxygen atoms in total. The number of morpholine rings is 1. The lowest BCUT2D eigenvalue weighted by Crippen LogP contribution is -2.48. The summed E-state index contributed by atoms with van der Waals surface area (Å²) >= 11 is 6.22. The van der Waals surface area contributed by atoms with Crippen molar-refractivity contribution in [2.45, 2.75) is 11.4 Å². The van der Waals surface area contributed by atoms with Crippen molar-refractivity contribution in [1.29, 1.82) is 0 Å². The predicted octanol–water partition coefficient (Wildman–Crippen LogP) is 1.06. The first-order valence-electron chi connectivity index (χ1n) is 8.11. The Kier molecular flexibility index (Phi) is 6.02. The Balaban J connectivity index is 1.64. The maximum absolute atomic E-state index is 12.3. The fourth-order valence-corrected chi connectivity index (χ4v) is 3.47. The molecule has 0 radical (unpaired) electrons. The summed E-state index contributed by atoms with van der Waals surface area (Å²) in [5.74, 6) is -0.103. The molecule has 0 spiro atoms. The Morgan fingerprint density at radius 1 is 1.22 bits per heavy atom. The SMILES string of the molecule is NS(=O)(=O)c1ccoc1CN(Cl)c1ccc(C(=O)NN2CCOCC2)cc1. The fourth-order valence-electron chi connectivity index (χ4n) is 2.57. The lowest BCUT2D eigenvalue weighted by atomic mass is 10.2. The molecule has 0 unspecified atom stereocenters. The van der Waals surface area contributed by atoms with Crippen LogP contribution in [-0.2, 0) is 21.3 Å². The normalized spacial score (nSPS) is 15.5. The predicted molar refractivity (Wildman–Crippen MR) is 98.4 cm³/mol. The number of furan rings is 1. The van der Waals surface area contributed by atoms with Gasteiger partial charge in [0.1, 0.15) is 10.7 Å². The molecule has 3 rings (SSSR count). The average Bonchev–Trinajstić information content (AvgIpc) is 3.11. The van der Waals surface area contributed by atoms with Gasteiger partial charge in [-0.3, -0.25) is 14.6 Å². The highest BCUT2D eigenvalue weighted by Gasteiger charge is 2.20. The molecule has 1 saturated heterocycles. The van der Waals surface area contributed by atoms with Gasteiger partial charge in [-0.2, -0.15) is 0 Å². The van der Waals surface area contributed by atoms with Gasteiger partial charge in [0, 0.05) is 30.4 Å². The summed E-state index contributed by atoms with van der Waals surface area (Å²) in [6.07, 6.45) is 1.23. The number of anilines is 1. The van der Waals surface area contributed by atoms with Gasteiger partial charge in [0.05, 0.1) is 31.7 Å². The van der Waals surface area contributed by atoms with E-state index in [-0.39, 0.29) is 23.1 Å². The maximum atomic E-state index is 12.3. The van der Waals surface area contributed by atoms with Gasteiger partial charge in [0.15, 0.2) is 0 Å². The van der Waals surface area contributed by atoms with E-state index in [9.17, 15) is 13.2 Å². The van der Waals surface area contributed by atoms with E-state index < -0.39 is 10.0 Å². The number of nitrogens with zero attached hydrogens (tertiary/aromatic N) is 2. The van der Waals surface area contributed by atoms with E-state index in [0.29, 0.717) is 37.6 Å². The number of hydrogen-bond donors (Lipinski definition) is 2. The molecule has 1 aromatic heterocycles. The van der Waals surface area contributed by atoms with Crippen molar-refractivity contribution in [2.75, 3.05) is 30.7 Å². The summed E-state index contributed by atoms with van der Waals surface area (Å²) in [5.41, 5.74) is 3.85. The Morgan fingerprint density at radius 3 is 2.52 bits per heavy atom. The van der Waals surface area contributed by atoms with Crippen LogP contribution in [0, 0.1) is 0 Å². The molecule has 1 aliphatic heterocycles. The van der Waals surface area contributed by atoms with Crippen LogP contribution in [0.5, 0.6) is 0 Å². The van der Waals surface area contributed by atoms with E-state index in [4.69, 9.17) is 26.1 Å². The van der Waals surface area contributed by atoms with Gasteiger partial charge in [-0.15, -0.1) is 0 Å². The first-order chi connectivity index (χ1) is 12.8. The van der Waals surface area contributed by atoms with Crippen LogP contribution < -0.4 is 15.0 Å². The molecule has 0 aliphatic carbocycles. The Morgan fingerprint density at radius 2 is 1.89 bits per heavy atom. The number of benzene rings is 1. The largest absolute Gasteiger partial charge is 0.466 e. The lowest BCUT2D eigenvalue weighted by Gasteiger charge is -2.27. The van der Waals surface area contributed by atoms with Gasteiger partial charge in [-0.05, 0) is 30.3 Å². The van der Waals surface area contributed by atoms with E-state index in [0.717, 1.165) is 0 Å². The zero-order valence-corrected chi connectivity index (χ0v) is 15.9. The van der Waals surface area contributed by atoms with Crippen LogP contribution in [0.4, 0.5) is 5.69 Å². The quantitative estimate of drug-likeness (QED) is 0.678. The van der Waals surface area contributed by atoms with Gasteiger partial charge >= 0.3 is 0 Å². The average molecular weight is 415 g/mol. The molecule has 11 heteroatoms. The second kappa shape index (κ2) is 8.28. The zero-order valence-electron chi connectivity index (χ0n) is 14.3. The molecule has 0 atom stereocenters. The first kappa shape index (κ1) is 19.6. The van der Waals surface area contributed by atoms with Gasteiger partial charge in [0.2, 0.25) is 10.0 Å². The molecule has 3 N–H and O–H groups in total. The Labute approximate surface area is 161 Å². The van der Waals surface area contributed by atoms with Crippen LogP contribution >= 0.6 is 11.8 Å². The molecule has 1 fully saturated rings. The summed E-state index contributed by atoms with van der Waals surface area (Å²) < 4.78 is 34.7. The number of hydrazine groups is 1. The summed E-state index contributed by atoms with van der Waals surface area (Å²) in [4.78, 5) is 12.2. The molecule has 0 saturated carbocycles. The smallest absolute Gasteiger partial charge is 0.265 e. The van der Waals surface area contributed by atoms with Crippen molar-refractivity contribution in [3.63, 3.8) is 0 Å². The number of rotatable bonds is 6. The van der Waals surface area contributed by atoms with Crippen molar-refractivity contribution >= 4 is 33.4 Å². The van der Waals surface area contributed by atoms with Crippen LogP contribution in [0.25, 0.3) is 0 Å². The number of sulfonamides is 1. The highest BCUT2D eigenvalue weighted by atomic mass is 35.5. The standard InChI is InChI=1S/C16H19ClN4O5S/c17-21(11-14-15(5-8-26-14)27(18,23)24)13-3-1-12(2-4-13)16(22)19-20-6-9-25-10-7-20/h1-5,8H,6-7,9-11H2,(H,19,22)(H2,18,23,24). The third-order valence-electron chi connectivity index (χ3n) is 3.97. The number of nitrogens with one attached hydrogen (secondary N) is 1. The van der Waals surface area contributed by atoms with E-state index in [1.807, 2.05) is 0 Å². The summed E-state index contributed by atoms with van der Waals surface area (Å²) in [7, 11) is -3.90. The minimum atomic E-state index is -3.90. The molecular formula is C16H19ClN4O5S. The van der Waals surface area contributed by atoms with Crippen LogP contribution in [0.15, 0.2) is 45.9 Å². The van der Waals surface area contributed by atoms with Gasteiger partial charge in [-0.1, -0.05) is 0 Å². The number of halogens is 1. The minimum Gasteiger partial charge on any atom is -0.466 e. The number of carbonyl (C=O) groups excluding carboxylic acids is 1. The summed E-state index contributed by atoms with van der Waals surface area (Å²) in [6, 6.07) is 7.84. The molecule has 1 aromatic carbocycles. The summed E-state index contributed by atoms with van der Waals surface area (Å²) in [6.45, 7) is 2.41. The van der Waals surface area contributed by atoms with Crippen LogP contribution in [0.3, 0.4) is 0 Å². The van der Waals surface area contributed by atoms with E-state index in [2.05, 4.69) is 5.43 Å². The van der Waals surface area contributed by atoms with Crippen LogP contribution in [0.1, 0.15) is 16.1 Å². The molecule has 146 valence electrons. The second-order valence-electron chi connectivity index (χ2n) is 5.86. The molecule has 1 aliphatic rings. The fraction of sp³-hybridized carbons (Fsp3) is 0.312. The van der Waals surface area contributed by atoms with Gasteiger partial charge in [0.25, 0.3) is 5.91 Å². The minimum absolute atomic E-state index is 0.0142. The van der Waals surface area contributed by atoms with Gasteiger partial charge < -0.3 is 9.15 Å². The maximum Gasteiger partial charge on any atom is 0.265 e. The highest BCUT2D eigenvalue weighted by molar-refractivity contribution is 7.89. The van der Waals surface area contributed by atoms with Crippen LogP contribution in [-0.4, -0.2) is 45.6 Å². The lowest BCUT2D eigenvalue weighted by molar-refractivity contribution is 0.0126. The van der Waals surface area contributed by atoms with E-state index >= 15 is 0 Å². The Hall–Kier alpha value is -2.11. The van der Waals surface area contributed by atoms with E-state index in [1.54, 1.807) is 29.3 Å². The monoisotopic (exact) mass is 414 g/mol. The van der Waals surface area contributed by atoms with Crippen LogP contribution in [0.2, 0.25) is 0 Å². The number of amides is 1. The third kappa shape index (κ3) is 4.99. The third-order valence-corrected chi connectivity index (χ3v) is 5.27. The number of hydrogen-bond acceptors (Lipinski definition) is 7. The van der Waals surface area contributed by atoms with Gasteiger partial charge in [-0.25, -0.2) is 18.6 Å². The first-order valence-corrected chi connectivity index (χ1v) is 9.99. The van der Waals surface area contributed by atoms with Crippen molar-refractivity contribution in [3.8, 4) is 0 Å². The molecule has 2 heterocycles. The van der Waals surface area contributed by atoms with Crippen molar-refractivity contribution in [2.24, 2.45) is 5.14 Å².